The van der Waals surface area contributed by atoms with Crippen LogP contribution in [-0.2, 0) is 27.5 Å². The van der Waals surface area contributed by atoms with Gasteiger partial charge in [-0.1, -0.05) is 72.8 Å². The fourth-order valence-electron chi connectivity index (χ4n) is 3.06. The van der Waals surface area contributed by atoms with E-state index in [1.165, 1.54) is 0 Å². The molecule has 0 fully saturated rings. The van der Waals surface area contributed by atoms with Crippen LogP contribution in [0.1, 0.15) is 30.9 Å². The van der Waals surface area contributed by atoms with E-state index in [4.69, 9.17) is 9.47 Å². The van der Waals surface area contributed by atoms with Crippen LogP contribution in [0, 0.1) is 5.41 Å². The van der Waals surface area contributed by atoms with Gasteiger partial charge in [0.1, 0.15) is 0 Å². The number of ketones is 1. The highest BCUT2D eigenvalue weighted by Crippen LogP contribution is 2.30. The number of hydrogen-bond acceptors (Lipinski definition) is 3. The van der Waals surface area contributed by atoms with Gasteiger partial charge in [-0.3, -0.25) is 4.79 Å². The van der Waals surface area contributed by atoms with E-state index < -0.39 is 0 Å². The first-order chi connectivity index (χ1) is 13.6. The standard InChI is InChI=1S/C25H30O3/c1-3-16-25(17-10-11-22(2)26,20-27-18-23-12-6-4-7-13-23)21-28-19-24-14-8-5-9-15-24/h3-15H,1,16-21H2,2H3/b11-10+. The molecule has 0 atom stereocenters. The number of carbonyl (C=O) groups excluding carboxylic acids is 1. The van der Waals surface area contributed by atoms with Gasteiger partial charge in [0.15, 0.2) is 5.78 Å². The second kappa shape index (κ2) is 12.1. The van der Waals surface area contributed by atoms with Gasteiger partial charge < -0.3 is 9.47 Å². The van der Waals surface area contributed by atoms with Crippen LogP contribution in [0.3, 0.4) is 0 Å². The Kier molecular flexibility index (Phi) is 9.40. The van der Waals surface area contributed by atoms with E-state index >= 15 is 0 Å². The molecule has 2 aromatic rings. The molecule has 0 saturated carbocycles. The average molecular weight is 379 g/mol. The fourth-order valence-corrected chi connectivity index (χ4v) is 3.06. The molecule has 0 N–H and O–H groups in total. The highest BCUT2D eigenvalue weighted by molar-refractivity contribution is 5.87. The van der Waals surface area contributed by atoms with Crippen molar-refractivity contribution in [3.05, 3.63) is 96.6 Å². The van der Waals surface area contributed by atoms with Gasteiger partial charge in [-0.15, -0.1) is 6.58 Å². The summed E-state index contributed by atoms with van der Waals surface area (Å²) < 4.78 is 12.1. The summed E-state index contributed by atoms with van der Waals surface area (Å²) in [5.41, 5.74) is 2.02. The van der Waals surface area contributed by atoms with Crippen LogP contribution in [-0.4, -0.2) is 19.0 Å². The predicted octanol–water partition coefficient (Wildman–Crippen LogP) is 5.52. The normalized spacial score (nSPS) is 11.6. The number of benzene rings is 2. The molecule has 0 radical (unpaired) electrons. The largest absolute Gasteiger partial charge is 0.376 e. The van der Waals surface area contributed by atoms with Crippen molar-refractivity contribution in [3.8, 4) is 0 Å². The second-order valence-corrected chi connectivity index (χ2v) is 7.17. The maximum Gasteiger partial charge on any atom is 0.152 e. The van der Waals surface area contributed by atoms with Crippen molar-refractivity contribution in [2.45, 2.75) is 33.0 Å². The molecule has 148 valence electrons. The first-order valence-electron chi connectivity index (χ1n) is 9.65. The van der Waals surface area contributed by atoms with Crippen LogP contribution in [0.15, 0.2) is 85.5 Å². The minimum absolute atomic E-state index is 0.0444. The molecule has 0 aliphatic rings. The lowest BCUT2D eigenvalue weighted by molar-refractivity contribution is -0.112. The third kappa shape index (κ3) is 8.03. The van der Waals surface area contributed by atoms with Crippen LogP contribution in [0.4, 0.5) is 0 Å². The summed E-state index contributed by atoms with van der Waals surface area (Å²) in [6.07, 6.45) is 6.89. The number of ether oxygens (including phenoxy) is 2. The quantitative estimate of drug-likeness (QED) is 0.340. The molecule has 0 aliphatic heterocycles. The van der Waals surface area contributed by atoms with Crippen LogP contribution >= 0.6 is 0 Å². The Morgan fingerprint density at radius 3 is 1.82 bits per heavy atom. The second-order valence-electron chi connectivity index (χ2n) is 7.17. The lowest BCUT2D eigenvalue weighted by Crippen LogP contribution is -2.32. The van der Waals surface area contributed by atoms with Crippen molar-refractivity contribution >= 4 is 5.78 Å². The van der Waals surface area contributed by atoms with Crippen molar-refractivity contribution in [1.29, 1.82) is 0 Å². The highest BCUT2D eigenvalue weighted by Gasteiger charge is 2.29. The van der Waals surface area contributed by atoms with Crippen LogP contribution < -0.4 is 0 Å². The Morgan fingerprint density at radius 1 is 0.893 bits per heavy atom. The Hall–Kier alpha value is -2.49. The van der Waals surface area contributed by atoms with Crippen molar-refractivity contribution in [2.75, 3.05) is 13.2 Å². The smallest absolute Gasteiger partial charge is 0.152 e. The molecular weight excluding hydrogens is 348 g/mol. The van der Waals surface area contributed by atoms with Gasteiger partial charge >= 0.3 is 0 Å². The van der Waals surface area contributed by atoms with E-state index in [1.807, 2.05) is 48.6 Å². The van der Waals surface area contributed by atoms with Crippen molar-refractivity contribution in [2.24, 2.45) is 5.41 Å². The lowest BCUT2D eigenvalue weighted by Gasteiger charge is -2.31. The van der Waals surface area contributed by atoms with E-state index in [2.05, 4.69) is 30.8 Å². The molecule has 0 aliphatic carbocycles. The molecular formula is C25H30O3. The van der Waals surface area contributed by atoms with E-state index in [1.54, 1.807) is 13.0 Å². The summed E-state index contributed by atoms with van der Waals surface area (Å²) in [5, 5.41) is 0. The van der Waals surface area contributed by atoms with Crippen molar-refractivity contribution in [3.63, 3.8) is 0 Å². The summed E-state index contributed by atoms with van der Waals surface area (Å²) in [5.74, 6) is 0.0444. The van der Waals surface area contributed by atoms with Gasteiger partial charge in [-0.25, -0.2) is 0 Å². The first-order valence-corrected chi connectivity index (χ1v) is 9.65. The lowest BCUT2D eigenvalue weighted by atomic mass is 9.82. The van der Waals surface area contributed by atoms with E-state index in [0.29, 0.717) is 32.8 Å². The van der Waals surface area contributed by atoms with Gasteiger partial charge in [0.25, 0.3) is 0 Å². The summed E-state index contributed by atoms with van der Waals surface area (Å²) in [6, 6.07) is 20.2. The third-order valence-corrected chi connectivity index (χ3v) is 4.52. The van der Waals surface area contributed by atoms with Crippen molar-refractivity contribution < 1.29 is 14.3 Å². The van der Waals surface area contributed by atoms with Crippen LogP contribution in [0.2, 0.25) is 0 Å². The van der Waals surface area contributed by atoms with Gasteiger partial charge in [-0.2, -0.15) is 0 Å². The van der Waals surface area contributed by atoms with Crippen LogP contribution in [0.25, 0.3) is 0 Å². The summed E-state index contributed by atoms with van der Waals surface area (Å²) in [6.45, 7) is 7.64. The Balaban J connectivity index is 2.01. The number of carbonyl (C=O) groups is 1. The minimum atomic E-state index is -0.253. The molecule has 3 nitrogen and oxygen atoms in total. The molecule has 2 rings (SSSR count). The molecule has 0 spiro atoms. The van der Waals surface area contributed by atoms with Gasteiger partial charge in [0, 0.05) is 5.41 Å². The average Bonchev–Trinajstić information content (AvgIpc) is 2.69. The number of hydrogen-bond donors (Lipinski definition) is 0. The predicted molar refractivity (Wildman–Crippen MR) is 114 cm³/mol. The zero-order chi connectivity index (χ0) is 20.1. The Morgan fingerprint density at radius 2 is 1.39 bits per heavy atom. The highest BCUT2D eigenvalue weighted by atomic mass is 16.5. The third-order valence-electron chi connectivity index (χ3n) is 4.52. The van der Waals surface area contributed by atoms with E-state index in [-0.39, 0.29) is 11.2 Å². The monoisotopic (exact) mass is 378 g/mol. The molecule has 0 unspecified atom stereocenters. The first kappa shape index (κ1) is 21.8. The summed E-state index contributed by atoms with van der Waals surface area (Å²) in [7, 11) is 0. The molecule has 2 aromatic carbocycles. The van der Waals surface area contributed by atoms with Crippen molar-refractivity contribution in [1.82, 2.24) is 0 Å². The van der Waals surface area contributed by atoms with Gasteiger partial charge in [0.2, 0.25) is 0 Å². The Bertz CT molecular complexity index is 689. The molecule has 0 aromatic heterocycles. The summed E-state index contributed by atoms with van der Waals surface area (Å²) in [4.78, 5) is 11.3. The zero-order valence-electron chi connectivity index (χ0n) is 16.7. The summed E-state index contributed by atoms with van der Waals surface area (Å²) >= 11 is 0. The van der Waals surface area contributed by atoms with Gasteiger partial charge in [-0.05, 0) is 37.0 Å². The van der Waals surface area contributed by atoms with Crippen LogP contribution in [0.5, 0.6) is 0 Å². The van der Waals surface area contributed by atoms with E-state index in [0.717, 1.165) is 17.5 Å². The maximum absolute atomic E-state index is 11.3. The number of rotatable bonds is 13. The maximum atomic E-state index is 11.3. The molecule has 0 amide bonds. The molecule has 28 heavy (non-hydrogen) atoms. The van der Waals surface area contributed by atoms with Gasteiger partial charge in [0.05, 0.1) is 26.4 Å². The zero-order valence-corrected chi connectivity index (χ0v) is 16.7. The van der Waals surface area contributed by atoms with E-state index in [9.17, 15) is 4.79 Å². The molecule has 0 saturated heterocycles. The fraction of sp³-hybridized carbons (Fsp3) is 0.320. The minimum Gasteiger partial charge on any atom is -0.376 e. The molecule has 0 bridgehead atoms. The molecule has 0 heterocycles. The topological polar surface area (TPSA) is 35.5 Å². The molecule has 3 heteroatoms. The number of allylic oxidation sites excluding steroid dienone is 3. The SMILES string of the molecule is C=CCC(C/C=C/C(C)=O)(COCc1ccccc1)COCc1ccccc1. The Labute approximate surface area is 168 Å².